The van der Waals surface area contributed by atoms with Crippen LogP contribution in [0, 0.1) is 5.82 Å². The average molecular weight is 250 g/mol. The predicted octanol–water partition coefficient (Wildman–Crippen LogP) is 3.50. The first-order valence-electron chi connectivity index (χ1n) is 5.72. The second kappa shape index (κ2) is 5.27. The number of nitrogens with zero attached hydrogens (tertiary/aromatic N) is 2. The minimum atomic E-state index is -0.229. The number of hydrogen-bond donors (Lipinski definition) is 0. The smallest absolute Gasteiger partial charge is 0.190 e. The molecular weight excluding hydrogens is 235 g/mol. The largest absolute Gasteiger partial charge is 0.321 e. The summed E-state index contributed by atoms with van der Waals surface area (Å²) >= 11 is 1.63. The summed E-state index contributed by atoms with van der Waals surface area (Å²) < 4.78 is 15.0. The zero-order chi connectivity index (χ0) is 12.3. The molecule has 1 heterocycles. The Morgan fingerprint density at radius 1 is 1.24 bits per heavy atom. The maximum atomic E-state index is 12.8. The van der Waals surface area contributed by atoms with Gasteiger partial charge in [0.25, 0.3) is 0 Å². The number of aryl methyl sites for hydroxylation is 1. The monoisotopic (exact) mass is 250 g/mol. The second-order valence-electron chi connectivity index (χ2n) is 3.70. The summed E-state index contributed by atoms with van der Waals surface area (Å²) in [5.74, 6) is -0.229. The van der Waals surface area contributed by atoms with Crippen molar-refractivity contribution in [3.63, 3.8) is 0 Å². The van der Waals surface area contributed by atoms with Crippen molar-refractivity contribution in [1.29, 1.82) is 0 Å². The van der Waals surface area contributed by atoms with Crippen LogP contribution in [0.5, 0.6) is 0 Å². The van der Waals surface area contributed by atoms with Gasteiger partial charge in [-0.05, 0) is 37.6 Å². The van der Waals surface area contributed by atoms with E-state index in [2.05, 4.69) is 28.8 Å². The van der Waals surface area contributed by atoms with Gasteiger partial charge < -0.3 is 4.57 Å². The van der Waals surface area contributed by atoms with Crippen molar-refractivity contribution in [2.75, 3.05) is 0 Å². The second-order valence-corrected chi connectivity index (χ2v) is 4.53. The Bertz CT molecular complexity index is 552. The van der Waals surface area contributed by atoms with Gasteiger partial charge in [0.2, 0.25) is 0 Å². The molecule has 0 saturated heterocycles. The molecule has 4 heteroatoms. The molecule has 1 aromatic carbocycles. The third-order valence-corrected chi connectivity index (χ3v) is 3.52. The van der Waals surface area contributed by atoms with E-state index in [1.165, 1.54) is 17.8 Å². The summed E-state index contributed by atoms with van der Waals surface area (Å²) in [7, 11) is 0. The molecule has 0 N–H and O–H groups in total. The standard InChI is InChI=1S/C13H15FN2S/c1-3-12-9-17-13(16(12)4-2)15-11-7-5-10(14)6-8-11/h5-9H,3-4H2,1-2H3. The summed E-state index contributed by atoms with van der Waals surface area (Å²) in [5, 5.41) is 2.13. The molecule has 0 aliphatic rings. The summed E-state index contributed by atoms with van der Waals surface area (Å²) in [6.07, 6.45) is 1.00. The lowest BCUT2D eigenvalue weighted by Crippen LogP contribution is -2.15. The number of rotatable bonds is 3. The zero-order valence-corrected chi connectivity index (χ0v) is 10.8. The predicted molar refractivity (Wildman–Crippen MR) is 69.0 cm³/mol. The van der Waals surface area contributed by atoms with E-state index in [-0.39, 0.29) is 5.82 Å². The SMILES string of the molecule is CCc1csc(=Nc2ccc(F)cc2)n1CC. The highest BCUT2D eigenvalue weighted by atomic mass is 32.1. The molecule has 0 spiro atoms. The molecule has 0 saturated carbocycles. The van der Waals surface area contributed by atoms with Crippen molar-refractivity contribution in [3.8, 4) is 0 Å². The maximum absolute atomic E-state index is 12.8. The van der Waals surface area contributed by atoms with Gasteiger partial charge in [-0.1, -0.05) is 6.92 Å². The Morgan fingerprint density at radius 3 is 2.53 bits per heavy atom. The third kappa shape index (κ3) is 2.64. The molecule has 0 amide bonds. The van der Waals surface area contributed by atoms with Crippen molar-refractivity contribution in [2.24, 2.45) is 4.99 Å². The molecule has 17 heavy (non-hydrogen) atoms. The lowest BCUT2D eigenvalue weighted by Gasteiger charge is -2.02. The number of thiazole rings is 1. The van der Waals surface area contributed by atoms with Crippen LogP contribution in [0.3, 0.4) is 0 Å². The van der Waals surface area contributed by atoms with Gasteiger partial charge in [-0.3, -0.25) is 0 Å². The van der Waals surface area contributed by atoms with Crippen LogP contribution in [0.2, 0.25) is 0 Å². The summed E-state index contributed by atoms with van der Waals surface area (Å²) in [6, 6.07) is 6.26. The molecular formula is C13H15FN2S. The van der Waals surface area contributed by atoms with E-state index in [4.69, 9.17) is 0 Å². The van der Waals surface area contributed by atoms with Gasteiger partial charge in [-0.2, -0.15) is 0 Å². The van der Waals surface area contributed by atoms with Gasteiger partial charge in [0.15, 0.2) is 4.80 Å². The Kier molecular flexibility index (Phi) is 3.74. The highest BCUT2D eigenvalue weighted by Gasteiger charge is 2.01. The molecule has 0 aliphatic carbocycles. The van der Waals surface area contributed by atoms with Crippen LogP contribution in [-0.4, -0.2) is 4.57 Å². The topological polar surface area (TPSA) is 17.3 Å². The lowest BCUT2D eigenvalue weighted by molar-refractivity contribution is 0.628. The van der Waals surface area contributed by atoms with Crippen LogP contribution >= 0.6 is 11.3 Å². The minimum Gasteiger partial charge on any atom is -0.321 e. The van der Waals surface area contributed by atoms with Crippen molar-refractivity contribution in [2.45, 2.75) is 26.8 Å². The van der Waals surface area contributed by atoms with E-state index in [0.717, 1.165) is 23.5 Å². The zero-order valence-electron chi connectivity index (χ0n) is 9.98. The molecule has 0 fully saturated rings. The number of halogens is 1. The van der Waals surface area contributed by atoms with Gasteiger partial charge in [-0.15, -0.1) is 11.3 Å². The Labute approximate surface area is 104 Å². The molecule has 2 nitrogen and oxygen atoms in total. The third-order valence-electron chi connectivity index (χ3n) is 2.61. The van der Waals surface area contributed by atoms with Crippen molar-refractivity contribution >= 4 is 17.0 Å². The number of aromatic nitrogens is 1. The molecule has 2 rings (SSSR count). The van der Waals surface area contributed by atoms with Gasteiger partial charge in [0.05, 0.1) is 5.69 Å². The Hall–Kier alpha value is -1.42. The van der Waals surface area contributed by atoms with Crippen LogP contribution in [0.15, 0.2) is 34.6 Å². The maximum Gasteiger partial charge on any atom is 0.190 e. The first-order chi connectivity index (χ1) is 8.24. The van der Waals surface area contributed by atoms with Gasteiger partial charge in [0.1, 0.15) is 5.82 Å². The minimum absolute atomic E-state index is 0.229. The molecule has 0 atom stereocenters. The quantitative estimate of drug-likeness (QED) is 0.793. The van der Waals surface area contributed by atoms with Crippen LogP contribution in [-0.2, 0) is 13.0 Å². The first kappa shape index (κ1) is 12.0. The first-order valence-corrected chi connectivity index (χ1v) is 6.60. The lowest BCUT2D eigenvalue weighted by atomic mass is 10.3. The fraction of sp³-hybridized carbons (Fsp3) is 0.308. The normalized spacial score (nSPS) is 12.1. The highest BCUT2D eigenvalue weighted by molar-refractivity contribution is 7.07. The van der Waals surface area contributed by atoms with E-state index < -0.39 is 0 Å². The summed E-state index contributed by atoms with van der Waals surface area (Å²) in [5.41, 5.74) is 2.08. The highest BCUT2D eigenvalue weighted by Crippen LogP contribution is 2.12. The van der Waals surface area contributed by atoms with E-state index in [0.29, 0.717) is 0 Å². The van der Waals surface area contributed by atoms with Gasteiger partial charge in [0, 0.05) is 17.6 Å². The fourth-order valence-corrected chi connectivity index (χ4v) is 2.76. The van der Waals surface area contributed by atoms with E-state index in [9.17, 15) is 4.39 Å². The summed E-state index contributed by atoms with van der Waals surface area (Å²) in [6.45, 7) is 5.15. The number of benzene rings is 1. The summed E-state index contributed by atoms with van der Waals surface area (Å²) in [4.78, 5) is 5.50. The van der Waals surface area contributed by atoms with Gasteiger partial charge in [-0.25, -0.2) is 9.38 Å². The molecule has 1 aromatic heterocycles. The van der Waals surface area contributed by atoms with Crippen LogP contribution in [0.1, 0.15) is 19.5 Å². The Morgan fingerprint density at radius 2 is 1.94 bits per heavy atom. The average Bonchev–Trinajstić information content (AvgIpc) is 2.74. The van der Waals surface area contributed by atoms with E-state index in [1.54, 1.807) is 23.5 Å². The van der Waals surface area contributed by atoms with Crippen LogP contribution in [0.25, 0.3) is 0 Å². The van der Waals surface area contributed by atoms with E-state index >= 15 is 0 Å². The van der Waals surface area contributed by atoms with Crippen molar-refractivity contribution in [1.82, 2.24) is 4.57 Å². The van der Waals surface area contributed by atoms with E-state index in [1.807, 2.05) is 0 Å². The van der Waals surface area contributed by atoms with Crippen molar-refractivity contribution in [3.05, 3.63) is 46.0 Å². The van der Waals surface area contributed by atoms with Crippen LogP contribution in [0.4, 0.5) is 10.1 Å². The number of hydrogen-bond acceptors (Lipinski definition) is 2. The fourth-order valence-electron chi connectivity index (χ4n) is 1.70. The van der Waals surface area contributed by atoms with Crippen molar-refractivity contribution < 1.29 is 4.39 Å². The molecule has 0 radical (unpaired) electrons. The molecule has 0 bridgehead atoms. The van der Waals surface area contributed by atoms with Crippen LogP contribution < -0.4 is 4.80 Å². The molecule has 0 unspecified atom stereocenters. The molecule has 0 aliphatic heterocycles. The van der Waals surface area contributed by atoms with Gasteiger partial charge >= 0.3 is 0 Å². The molecule has 2 aromatic rings. The Balaban J connectivity index is 2.45. The molecule has 90 valence electrons.